The molecule has 0 spiro atoms. The summed E-state index contributed by atoms with van der Waals surface area (Å²) in [5.41, 5.74) is 6.68. The van der Waals surface area contributed by atoms with Gasteiger partial charge in [-0.2, -0.15) is 0 Å². The zero-order valence-electron chi connectivity index (χ0n) is 11.7. The van der Waals surface area contributed by atoms with E-state index in [9.17, 15) is 4.39 Å². The van der Waals surface area contributed by atoms with E-state index in [1.54, 1.807) is 6.07 Å². The number of nitrogens with zero attached hydrogens (tertiary/aromatic N) is 2. The summed E-state index contributed by atoms with van der Waals surface area (Å²) in [6, 6.07) is 6.99. The van der Waals surface area contributed by atoms with Crippen molar-refractivity contribution >= 4 is 5.69 Å². The Morgan fingerprint density at radius 3 is 2.55 bits per heavy atom. The predicted molar refractivity (Wildman–Crippen MR) is 77.4 cm³/mol. The highest BCUT2D eigenvalue weighted by molar-refractivity contribution is 5.48. The van der Waals surface area contributed by atoms with Gasteiger partial charge < -0.3 is 15.4 Å². The molecule has 0 bridgehead atoms. The Hall–Kier alpha value is -1.17. The van der Waals surface area contributed by atoms with Crippen LogP contribution in [0, 0.1) is 5.82 Å². The first-order valence-corrected chi connectivity index (χ1v) is 7.27. The van der Waals surface area contributed by atoms with Gasteiger partial charge in [0.15, 0.2) is 0 Å². The topological polar surface area (TPSA) is 41.7 Å². The van der Waals surface area contributed by atoms with E-state index in [0.717, 1.165) is 45.8 Å². The molecule has 2 aliphatic rings. The third-order valence-electron chi connectivity index (χ3n) is 4.61. The fourth-order valence-corrected chi connectivity index (χ4v) is 3.27. The van der Waals surface area contributed by atoms with Crippen molar-refractivity contribution in [2.24, 2.45) is 5.73 Å². The van der Waals surface area contributed by atoms with Gasteiger partial charge in [-0.1, -0.05) is 12.1 Å². The SMILES string of the molecule is NCC1(N2CCN(c3ccccc3F)CC2)CCOC1. The molecule has 110 valence electrons. The molecule has 0 radical (unpaired) electrons. The monoisotopic (exact) mass is 279 g/mol. The van der Waals surface area contributed by atoms with E-state index < -0.39 is 0 Å². The highest BCUT2D eigenvalue weighted by Crippen LogP contribution is 2.28. The molecule has 0 aliphatic carbocycles. The van der Waals surface area contributed by atoms with E-state index in [1.807, 2.05) is 12.1 Å². The Balaban J connectivity index is 1.66. The van der Waals surface area contributed by atoms with Gasteiger partial charge in [0.05, 0.1) is 17.8 Å². The van der Waals surface area contributed by atoms with Crippen LogP contribution in [0.1, 0.15) is 6.42 Å². The van der Waals surface area contributed by atoms with Gasteiger partial charge in [-0.3, -0.25) is 4.90 Å². The number of halogens is 1. The lowest BCUT2D eigenvalue weighted by Crippen LogP contribution is -2.60. The standard InChI is InChI=1S/C15H22FN3O/c16-13-3-1-2-4-14(13)18-6-8-19(9-7-18)15(11-17)5-10-20-12-15/h1-4H,5-12,17H2. The molecule has 1 aromatic rings. The molecule has 2 heterocycles. The van der Waals surface area contributed by atoms with Crippen LogP contribution in [-0.4, -0.2) is 56.4 Å². The molecule has 0 saturated carbocycles. The molecule has 1 aromatic carbocycles. The second kappa shape index (κ2) is 5.68. The van der Waals surface area contributed by atoms with Crippen molar-refractivity contribution in [1.82, 2.24) is 4.90 Å². The Morgan fingerprint density at radius 1 is 1.20 bits per heavy atom. The lowest BCUT2D eigenvalue weighted by Gasteiger charge is -2.45. The zero-order valence-corrected chi connectivity index (χ0v) is 11.7. The van der Waals surface area contributed by atoms with Gasteiger partial charge in [-0.05, 0) is 18.6 Å². The van der Waals surface area contributed by atoms with Crippen LogP contribution in [0.25, 0.3) is 0 Å². The van der Waals surface area contributed by atoms with Crippen molar-refractivity contribution < 1.29 is 9.13 Å². The minimum Gasteiger partial charge on any atom is -0.379 e. The second-order valence-electron chi connectivity index (χ2n) is 5.66. The molecule has 4 nitrogen and oxygen atoms in total. The summed E-state index contributed by atoms with van der Waals surface area (Å²) in [5.74, 6) is -0.140. The molecule has 20 heavy (non-hydrogen) atoms. The molecule has 0 aromatic heterocycles. The first-order valence-electron chi connectivity index (χ1n) is 7.27. The van der Waals surface area contributed by atoms with E-state index >= 15 is 0 Å². The molecule has 2 N–H and O–H groups in total. The first kappa shape index (κ1) is 13.8. The van der Waals surface area contributed by atoms with E-state index in [0.29, 0.717) is 12.2 Å². The van der Waals surface area contributed by atoms with Gasteiger partial charge in [-0.15, -0.1) is 0 Å². The van der Waals surface area contributed by atoms with E-state index in [-0.39, 0.29) is 11.4 Å². The first-order chi connectivity index (χ1) is 9.75. The smallest absolute Gasteiger partial charge is 0.146 e. The predicted octanol–water partition coefficient (Wildman–Crippen LogP) is 1.07. The number of nitrogens with two attached hydrogens (primary N) is 1. The van der Waals surface area contributed by atoms with Gasteiger partial charge in [-0.25, -0.2) is 4.39 Å². The van der Waals surface area contributed by atoms with Gasteiger partial charge in [0.1, 0.15) is 5.82 Å². The number of benzene rings is 1. The molecule has 0 amide bonds. The average Bonchev–Trinajstić information content (AvgIpc) is 2.98. The van der Waals surface area contributed by atoms with Crippen LogP contribution >= 0.6 is 0 Å². The number of hydrogen-bond acceptors (Lipinski definition) is 4. The molecule has 2 aliphatic heterocycles. The van der Waals surface area contributed by atoms with Crippen molar-refractivity contribution in [1.29, 1.82) is 0 Å². The number of hydrogen-bond donors (Lipinski definition) is 1. The number of para-hydroxylation sites is 1. The fourth-order valence-electron chi connectivity index (χ4n) is 3.27. The highest BCUT2D eigenvalue weighted by atomic mass is 19.1. The fraction of sp³-hybridized carbons (Fsp3) is 0.600. The van der Waals surface area contributed by atoms with Crippen molar-refractivity contribution in [3.63, 3.8) is 0 Å². The maximum atomic E-state index is 13.8. The van der Waals surface area contributed by atoms with E-state index in [4.69, 9.17) is 10.5 Å². The molecule has 2 saturated heterocycles. The Bertz CT molecular complexity index is 454. The maximum absolute atomic E-state index is 13.8. The maximum Gasteiger partial charge on any atom is 0.146 e. The second-order valence-corrected chi connectivity index (χ2v) is 5.66. The summed E-state index contributed by atoms with van der Waals surface area (Å²) in [6.45, 7) is 5.65. The molecular formula is C15H22FN3O. The van der Waals surface area contributed by atoms with Gasteiger partial charge in [0, 0.05) is 39.3 Å². The van der Waals surface area contributed by atoms with E-state index in [2.05, 4.69) is 9.80 Å². The molecular weight excluding hydrogens is 257 g/mol. The Kier molecular flexibility index (Phi) is 3.92. The third-order valence-corrected chi connectivity index (χ3v) is 4.61. The van der Waals surface area contributed by atoms with E-state index in [1.165, 1.54) is 6.07 Å². The quantitative estimate of drug-likeness (QED) is 0.898. The van der Waals surface area contributed by atoms with Gasteiger partial charge >= 0.3 is 0 Å². The molecule has 5 heteroatoms. The average molecular weight is 279 g/mol. The summed E-state index contributed by atoms with van der Waals surface area (Å²) in [6.07, 6.45) is 1.00. The van der Waals surface area contributed by atoms with Crippen LogP contribution < -0.4 is 10.6 Å². The lowest BCUT2D eigenvalue weighted by atomic mass is 9.95. The summed E-state index contributed by atoms with van der Waals surface area (Å²) < 4.78 is 19.4. The van der Waals surface area contributed by atoms with Crippen LogP contribution in [0.4, 0.5) is 10.1 Å². The Morgan fingerprint density at radius 2 is 1.95 bits per heavy atom. The molecule has 3 rings (SSSR count). The Labute approximate surface area is 119 Å². The van der Waals surface area contributed by atoms with Crippen LogP contribution in [0.15, 0.2) is 24.3 Å². The van der Waals surface area contributed by atoms with Crippen molar-refractivity contribution in [3.05, 3.63) is 30.1 Å². The van der Waals surface area contributed by atoms with Gasteiger partial charge in [0.25, 0.3) is 0 Å². The largest absolute Gasteiger partial charge is 0.379 e. The number of ether oxygens (including phenoxy) is 1. The van der Waals surface area contributed by atoms with Crippen molar-refractivity contribution in [3.8, 4) is 0 Å². The van der Waals surface area contributed by atoms with Crippen LogP contribution in [0.3, 0.4) is 0 Å². The minimum atomic E-state index is -0.140. The zero-order chi connectivity index (χ0) is 14.0. The number of piperazine rings is 1. The molecule has 2 fully saturated rings. The van der Waals surface area contributed by atoms with Crippen molar-refractivity contribution in [2.45, 2.75) is 12.0 Å². The summed E-state index contributed by atoms with van der Waals surface area (Å²) in [7, 11) is 0. The molecule has 1 unspecified atom stereocenters. The number of rotatable bonds is 3. The van der Waals surface area contributed by atoms with Crippen LogP contribution in [0.5, 0.6) is 0 Å². The highest BCUT2D eigenvalue weighted by Gasteiger charge is 2.40. The summed E-state index contributed by atoms with van der Waals surface area (Å²) in [5, 5.41) is 0. The van der Waals surface area contributed by atoms with Crippen LogP contribution in [-0.2, 0) is 4.74 Å². The van der Waals surface area contributed by atoms with Gasteiger partial charge in [0.2, 0.25) is 0 Å². The summed E-state index contributed by atoms with van der Waals surface area (Å²) in [4.78, 5) is 4.54. The number of anilines is 1. The lowest BCUT2D eigenvalue weighted by molar-refractivity contribution is 0.0669. The minimum absolute atomic E-state index is 0.00131. The normalized spacial score (nSPS) is 28.0. The summed E-state index contributed by atoms with van der Waals surface area (Å²) >= 11 is 0. The van der Waals surface area contributed by atoms with Crippen molar-refractivity contribution in [2.75, 3.05) is 50.8 Å². The molecule has 1 atom stereocenters. The van der Waals surface area contributed by atoms with Crippen LogP contribution in [0.2, 0.25) is 0 Å². The third kappa shape index (κ3) is 2.41.